The second kappa shape index (κ2) is 7.79. The third-order valence-electron chi connectivity index (χ3n) is 2.46. The normalized spacial score (nSPS) is 10.2. The van der Waals surface area contributed by atoms with Gasteiger partial charge in [-0.15, -0.1) is 0 Å². The fourth-order valence-electron chi connectivity index (χ4n) is 1.42. The van der Waals surface area contributed by atoms with Crippen molar-refractivity contribution in [3.05, 3.63) is 18.2 Å². The Bertz CT molecular complexity index is 329. The number of ether oxygens (including phenoxy) is 2. The molecule has 0 saturated carbocycles. The zero-order valence-corrected chi connectivity index (χ0v) is 10.7. The molecule has 0 amide bonds. The Morgan fingerprint density at radius 2 is 2.12 bits per heavy atom. The van der Waals surface area contributed by atoms with Crippen molar-refractivity contribution in [3.8, 4) is 5.75 Å². The van der Waals surface area contributed by atoms with Crippen LogP contribution < -0.4 is 15.8 Å². The average Bonchev–Trinajstić information content (AvgIpc) is 2.35. The number of rotatable bonds is 8. The zero-order valence-electron chi connectivity index (χ0n) is 10.7. The van der Waals surface area contributed by atoms with E-state index in [2.05, 4.69) is 12.2 Å². The van der Waals surface area contributed by atoms with Gasteiger partial charge in [0.05, 0.1) is 25.1 Å². The van der Waals surface area contributed by atoms with Crippen LogP contribution >= 0.6 is 0 Å². The van der Waals surface area contributed by atoms with Crippen LogP contribution in [0.1, 0.15) is 19.8 Å². The van der Waals surface area contributed by atoms with Gasteiger partial charge < -0.3 is 20.5 Å². The van der Waals surface area contributed by atoms with E-state index in [0.717, 1.165) is 43.1 Å². The lowest BCUT2D eigenvalue weighted by molar-refractivity contribution is 0.141. The van der Waals surface area contributed by atoms with Gasteiger partial charge in [-0.25, -0.2) is 0 Å². The summed E-state index contributed by atoms with van der Waals surface area (Å²) in [4.78, 5) is 0. The molecular weight excluding hydrogens is 216 g/mol. The number of hydrogen-bond donors (Lipinski definition) is 2. The van der Waals surface area contributed by atoms with Crippen molar-refractivity contribution in [3.63, 3.8) is 0 Å². The highest BCUT2D eigenvalue weighted by atomic mass is 16.5. The molecule has 17 heavy (non-hydrogen) atoms. The lowest BCUT2D eigenvalue weighted by atomic mass is 10.2. The third kappa shape index (κ3) is 4.95. The van der Waals surface area contributed by atoms with E-state index in [1.165, 1.54) is 0 Å². The summed E-state index contributed by atoms with van der Waals surface area (Å²) in [6, 6.07) is 5.57. The molecule has 1 aromatic carbocycles. The third-order valence-corrected chi connectivity index (χ3v) is 2.46. The number of benzene rings is 1. The van der Waals surface area contributed by atoms with Gasteiger partial charge in [-0.2, -0.15) is 0 Å². The number of anilines is 2. The molecule has 0 saturated heterocycles. The Morgan fingerprint density at radius 3 is 2.82 bits per heavy atom. The largest absolute Gasteiger partial charge is 0.497 e. The van der Waals surface area contributed by atoms with Crippen molar-refractivity contribution < 1.29 is 9.47 Å². The highest BCUT2D eigenvalue weighted by Gasteiger charge is 2.00. The van der Waals surface area contributed by atoms with E-state index in [1.54, 1.807) is 7.11 Å². The molecule has 1 rings (SSSR count). The van der Waals surface area contributed by atoms with Crippen molar-refractivity contribution in [2.24, 2.45) is 0 Å². The van der Waals surface area contributed by atoms with Gasteiger partial charge in [0.1, 0.15) is 5.75 Å². The maximum atomic E-state index is 5.85. The van der Waals surface area contributed by atoms with Gasteiger partial charge in [-0.3, -0.25) is 0 Å². The number of unbranched alkanes of at least 4 members (excludes halogenated alkanes) is 1. The summed E-state index contributed by atoms with van der Waals surface area (Å²) in [6.45, 7) is 4.42. The summed E-state index contributed by atoms with van der Waals surface area (Å²) in [5, 5.41) is 3.23. The summed E-state index contributed by atoms with van der Waals surface area (Å²) in [5.74, 6) is 0.800. The molecule has 0 heterocycles. The summed E-state index contributed by atoms with van der Waals surface area (Å²) in [6.07, 6.45) is 2.28. The molecule has 0 aliphatic rings. The highest BCUT2D eigenvalue weighted by molar-refractivity contribution is 5.68. The van der Waals surface area contributed by atoms with E-state index in [-0.39, 0.29) is 0 Å². The molecule has 0 radical (unpaired) electrons. The predicted octanol–water partition coefficient (Wildman–Crippen LogP) is 2.51. The van der Waals surface area contributed by atoms with Crippen LogP contribution in [0.4, 0.5) is 11.4 Å². The molecule has 0 spiro atoms. The van der Waals surface area contributed by atoms with E-state index in [9.17, 15) is 0 Å². The van der Waals surface area contributed by atoms with Crippen molar-refractivity contribution in [2.75, 3.05) is 37.9 Å². The van der Waals surface area contributed by atoms with Crippen LogP contribution in [0.15, 0.2) is 18.2 Å². The Balaban J connectivity index is 2.30. The Hall–Kier alpha value is -1.42. The van der Waals surface area contributed by atoms with Crippen LogP contribution in [0.3, 0.4) is 0 Å². The fourth-order valence-corrected chi connectivity index (χ4v) is 1.42. The molecule has 4 nitrogen and oxygen atoms in total. The maximum Gasteiger partial charge on any atom is 0.121 e. The first kappa shape index (κ1) is 13.6. The minimum atomic E-state index is 0.691. The van der Waals surface area contributed by atoms with Crippen LogP contribution in [0.5, 0.6) is 5.75 Å². The van der Waals surface area contributed by atoms with Gasteiger partial charge in [0, 0.05) is 19.2 Å². The lowest BCUT2D eigenvalue weighted by Crippen LogP contribution is -2.11. The Labute approximate surface area is 103 Å². The first-order chi connectivity index (χ1) is 8.27. The number of nitrogen functional groups attached to an aromatic ring is 1. The first-order valence-electron chi connectivity index (χ1n) is 6.03. The zero-order chi connectivity index (χ0) is 12.5. The Morgan fingerprint density at radius 1 is 1.29 bits per heavy atom. The monoisotopic (exact) mass is 238 g/mol. The van der Waals surface area contributed by atoms with Crippen LogP contribution in [-0.2, 0) is 4.74 Å². The van der Waals surface area contributed by atoms with E-state index >= 15 is 0 Å². The molecule has 0 fully saturated rings. The second-order valence-corrected chi connectivity index (χ2v) is 3.85. The number of nitrogens with one attached hydrogen (secondary N) is 1. The molecule has 4 heteroatoms. The predicted molar refractivity (Wildman–Crippen MR) is 71.6 cm³/mol. The van der Waals surface area contributed by atoms with E-state index in [0.29, 0.717) is 6.61 Å². The van der Waals surface area contributed by atoms with Crippen LogP contribution in [0.25, 0.3) is 0 Å². The number of hydrogen-bond acceptors (Lipinski definition) is 4. The molecule has 0 atom stereocenters. The molecule has 0 aliphatic heterocycles. The Kier molecular flexibility index (Phi) is 6.25. The summed E-state index contributed by atoms with van der Waals surface area (Å²) in [7, 11) is 1.64. The van der Waals surface area contributed by atoms with E-state index in [4.69, 9.17) is 15.2 Å². The van der Waals surface area contributed by atoms with E-state index in [1.807, 2.05) is 18.2 Å². The minimum Gasteiger partial charge on any atom is -0.497 e. The molecule has 1 aromatic rings. The van der Waals surface area contributed by atoms with Gasteiger partial charge in [-0.1, -0.05) is 13.3 Å². The summed E-state index contributed by atoms with van der Waals surface area (Å²) in [5.41, 5.74) is 7.46. The van der Waals surface area contributed by atoms with Crippen molar-refractivity contribution in [1.82, 2.24) is 0 Å². The van der Waals surface area contributed by atoms with E-state index < -0.39 is 0 Å². The molecule has 0 bridgehead atoms. The SMILES string of the molecule is CCCCOCCNc1cc(OC)ccc1N. The summed E-state index contributed by atoms with van der Waals surface area (Å²) < 4.78 is 10.6. The van der Waals surface area contributed by atoms with Gasteiger partial charge in [0.25, 0.3) is 0 Å². The van der Waals surface area contributed by atoms with Crippen molar-refractivity contribution in [1.29, 1.82) is 0 Å². The summed E-state index contributed by atoms with van der Waals surface area (Å²) >= 11 is 0. The van der Waals surface area contributed by atoms with Crippen LogP contribution in [0.2, 0.25) is 0 Å². The second-order valence-electron chi connectivity index (χ2n) is 3.85. The smallest absolute Gasteiger partial charge is 0.121 e. The molecule has 0 aliphatic carbocycles. The molecule has 0 unspecified atom stereocenters. The van der Waals surface area contributed by atoms with Gasteiger partial charge in [-0.05, 0) is 18.6 Å². The molecule has 96 valence electrons. The molecule has 0 aromatic heterocycles. The minimum absolute atomic E-state index is 0.691. The van der Waals surface area contributed by atoms with Crippen LogP contribution in [-0.4, -0.2) is 26.9 Å². The van der Waals surface area contributed by atoms with Gasteiger partial charge in [0.15, 0.2) is 0 Å². The highest BCUT2D eigenvalue weighted by Crippen LogP contribution is 2.23. The number of methoxy groups -OCH3 is 1. The number of nitrogens with two attached hydrogens (primary N) is 1. The quantitative estimate of drug-likeness (QED) is 0.539. The van der Waals surface area contributed by atoms with Gasteiger partial charge in [0.2, 0.25) is 0 Å². The lowest BCUT2D eigenvalue weighted by Gasteiger charge is -2.11. The van der Waals surface area contributed by atoms with Crippen LogP contribution in [0, 0.1) is 0 Å². The fraction of sp³-hybridized carbons (Fsp3) is 0.538. The molecule has 3 N–H and O–H groups in total. The average molecular weight is 238 g/mol. The van der Waals surface area contributed by atoms with Crippen molar-refractivity contribution in [2.45, 2.75) is 19.8 Å². The first-order valence-corrected chi connectivity index (χ1v) is 6.03. The maximum absolute atomic E-state index is 5.85. The molecular formula is C13H22N2O2. The van der Waals surface area contributed by atoms with Gasteiger partial charge >= 0.3 is 0 Å². The standard InChI is InChI=1S/C13H22N2O2/c1-3-4-8-17-9-7-15-13-10-11(16-2)5-6-12(13)14/h5-6,10,15H,3-4,7-9,14H2,1-2H3. The topological polar surface area (TPSA) is 56.5 Å². The van der Waals surface area contributed by atoms with Crippen molar-refractivity contribution >= 4 is 11.4 Å².